The first-order chi connectivity index (χ1) is 9.86. The minimum atomic E-state index is -0.496. The highest BCUT2D eigenvalue weighted by atomic mass is 19.1. The predicted molar refractivity (Wildman–Crippen MR) is 82.8 cm³/mol. The number of nitrogens with zero attached hydrogens (tertiary/aromatic N) is 1. The summed E-state index contributed by atoms with van der Waals surface area (Å²) < 4.78 is 18.9. The summed E-state index contributed by atoms with van der Waals surface area (Å²) in [5, 5.41) is 12.5. The minimum absolute atomic E-state index is 0.245. The zero-order valence-electron chi connectivity index (χ0n) is 13.4. The van der Waals surface area contributed by atoms with Crippen molar-refractivity contribution in [1.82, 2.24) is 5.32 Å². The van der Waals surface area contributed by atoms with Crippen LogP contribution in [0.5, 0.6) is 5.75 Å². The van der Waals surface area contributed by atoms with Crippen LogP contribution in [0.2, 0.25) is 0 Å². The highest BCUT2D eigenvalue weighted by molar-refractivity contribution is 5.27. The molecule has 0 bridgehead atoms. The summed E-state index contributed by atoms with van der Waals surface area (Å²) in [6.07, 6.45) is 2.50. The van der Waals surface area contributed by atoms with Crippen molar-refractivity contribution in [2.24, 2.45) is 0 Å². The molecule has 0 radical (unpaired) electrons. The van der Waals surface area contributed by atoms with Gasteiger partial charge in [0, 0.05) is 12.1 Å². The molecule has 0 amide bonds. The largest absolute Gasteiger partial charge is 0.493 e. The van der Waals surface area contributed by atoms with E-state index >= 15 is 0 Å². The Morgan fingerprint density at radius 1 is 1.38 bits per heavy atom. The second-order valence-corrected chi connectivity index (χ2v) is 5.96. The third-order valence-corrected chi connectivity index (χ3v) is 3.34. The first-order valence-electron chi connectivity index (χ1n) is 7.44. The molecule has 3 nitrogen and oxygen atoms in total. The molecule has 1 atom stereocenters. The molecule has 0 saturated carbocycles. The van der Waals surface area contributed by atoms with Gasteiger partial charge in [-0.05, 0) is 58.6 Å². The van der Waals surface area contributed by atoms with Crippen LogP contribution in [0.3, 0.4) is 0 Å². The molecule has 0 fully saturated rings. The van der Waals surface area contributed by atoms with Crippen molar-refractivity contribution in [3.8, 4) is 11.8 Å². The Labute approximate surface area is 127 Å². The molecule has 1 aromatic carbocycles. The average Bonchev–Trinajstić information content (AvgIpc) is 2.41. The lowest BCUT2D eigenvalue weighted by Gasteiger charge is -2.25. The number of unbranched alkanes of at least 4 members (excludes halogenated alkanes) is 1. The predicted octanol–water partition coefficient (Wildman–Crippen LogP) is 3.96. The van der Waals surface area contributed by atoms with Crippen LogP contribution >= 0.6 is 0 Å². The number of ether oxygens (including phenoxy) is 1. The van der Waals surface area contributed by atoms with Gasteiger partial charge < -0.3 is 4.74 Å². The summed E-state index contributed by atoms with van der Waals surface area (Å²) in [4.78, 5) is 0. The minimum Gasteiger partial charge on any atom is -0.493 e. The zero-order valence-corrected chi connectivity index (χ0v) is 13.4. The Morgan fingerprint density at radius 2 is 2.10 bits per heavy atom. The molecule has 0 saturated heterocycles. The lowest BCUT2D eigenvalue weighted by atomic mass is 9.96. The first kappa shape index (κ1) is 17.5. The topological polar surface area (TPSA) is 45.0 Å². The van der Waals surface area contributed by atoms with Gasteiger partial charge in [0.2, 0.25) is 0 Å². The van der Waals surface area contributed by atoms with Gasteiger partial charge in [-0.2, -0.15) is 5.26 Å². The molecule has 0 aromatic heterocycles. The van der Waals surface area contributed by atoms with Crippen LogP contribution in [0.25, 0.3) is 0 Å². The quantitative estimate of drug-likeness (QED) is 0.738. The monoisotopic (exact) mass is 292 g/mol. The van der Waals surface area contributed by atoms with Crippen LogP contribution in [-0.2, 0) is 0 Å². The van der Waals surface area contributed by atoms with Gasteiger partial charge >= 0.3 is 0 Å². The summed E-state index contributed by atoms with van der Waals surface area (Å²) >= 11 is 0. The smallest absolute Gasteiger partial charge is 0.129 e. The van der Waals surface area contributed by atoms with E-state index in [4.69, 9.17) is 4.74 Å². The van der Waals surface area contributed by atoms with Crippen molar-refractivity contribution in [3.63, 3.8) is 0 Å². The van der Waals surface area contributed by atoms with Crippen LogP contribution in [0.15, 0.2) is 18.2 Å². The van der Waals surface area contributed by atoms with Gasteiger partial charge in [0.1, 0.15) is 17.1 Å². The van der Waals surface area contributed by atoms with Crippen molar-refractivity contribution in [1.29, 1.82) is 5.26 Å². The number of rotatable bonds is 8. The van der Waals surface area contributed by atoms with E-state index in [-0.39, 0.29) is 11.9 Å². The molecule has 0 heterocycles. The second-order valence-electron chi connectivity index (χ2n) is 5.96. The van der Waals surface area contributed by atoms with Gasteiger partial charge in [0.15, 0.2) is 0 Å². The Bertz CT molecular complexity index is 496. The van der Waals surface area contributed by atoms with Crippen molar-refractivity contribution < 1.29 is 9.13 Å². The molecule has 1 rings (SSSR count). The molecule has 1 N–H and O–H groups in total. The highest BCUT2D eigenvalue weighted by Crippen LogP contribution is 2.17. The van der Waals surface area contributed by atoms with E-state index < -0.39 is 5.54 Å². The lowest BCUT2D eigenvalue weighted by molar-refractivity contribution is 0.291. The number of nitrogens with one attached hydrogen (secondary N) is 1. The number of halogens is 1. The van der Waals surface area contributed by atoms with Crippen molar-refractivity contribution in [3.05, 3.63) is 29.6 Å². The molecule has 1 aromatic rings. The van der Waals surface area contributed by atoms with E-state index in [1.807, 2.05) is 20.8 Å². The number of hydrogen-bond acceptors (Lipinski definition) is 3. The van der Waals surface area contributed by atoms with Crippen molar-refractivity contribution >= 4 is 0 Å². The molecular formula is C17H25FN2O. The molecule has 4 heteroatoms. The molecule has 1 unspecified atom stereocenters. The average molecular weight is 292 g/mol. The van der Waals surface area contributed by atoms with E-state index in [9.17, 15) is 9.65 Å². The van der Waals surface area contributed by atoms with Crippen LogP contribution in [0.4, 0.5) is 4.39 Å². The third-order valence-electron chi connectivity index (χ3n) is 3.34. The SMILES string of the molecule is Cc1ccc(OCCCCC(C)(C#N)NC(C)C)cc1F. The Balaban J connectivity index is 2.31. The highest BCUT2D eigenvalue weighted by Gasteiger charge is 2.23. The zero-order chi connectivity index (χ0) is 15.9. The van der Waals surface area contributed by atoms with E-state index in [2.05, 4.69) is 11.4 Å². The summed E-state index contributed by atoms with van der Waals surface area (Å²) in [5.41, 5.74) is 0.122. The Morgan fingerprint density at radius 3 is 2.67 bits per heavy atom. The molecule has 116 valence electrons. The molecule has 21 heavy (non-hydrogen) atoms. The van der Waals surface area contributed by atoms with E-state index in [1.54, 1.807) is 19.1 Å². The van der Waals surface area contributed by atoms with Gasteiger partial charge in [0.05, 0.1) is 12.7 Å². The Kier molecular flexibility index (Phi) is 6.64. The second kappa shape index (κ2) is 7.99. The maximum absolute atomic E-state index is 13.4. The summed E-state index contributed by atoms with van der Waals surface area (Å²) in [6.45, 7) is 8.24. The summed E-state index contributed by atoms with van der Waals surface area (Å²) in [6, 6.07) is 7.51. The number of hydrogen-bond donors (Lipinski definition) is 1. The van der Waals surface area contributed by atoms with Crippen molar-refractivity contribution in [2.75, 3.05) is 6.61 Å². The fraction of sp³-hybridized carbons (Fsp3) is 0.588. The lowest BCUT2D eigenvalue weighted by Crippen LogP contribution is -2.44. The maximum Gasteiger partial charge on any atom is 0.129 e. The maximum atomic E-state index is 13.4. The van der Waals surface area contributed by atoms with Gasteiger partial charge in [-0.15, -0.1) is 0 Å². The standard InChI is InChI=1S/C17H25FN2O/c1-13(2)20-17(4,12-19)9-5-6-10-21-15-8-7-14(3)16(18)11-15/h7-8,11,13,20H,5-6,9-10H2,1-4H3. The molecule has 0 aliphatic carbocycles. The van der Waals surface area contributed by atoms with E-state index in [0.717, 1.165) is 19.3 Å². The third kappa shape index (κ3) is 6.14. The van der Waals surface area contributed by atoms with Gasteiger partial charge in [-0.3, -0.25) is 5.32 Å². The Hall–Kier alpha value is -1.60. The molecule has 0 spiro atoms. The van der Waals surface area contributed by atoms with Crippen LogP contribution in [0, 0.1) is 24.1 Å². The van der Waals surface area contributed by atoms with Crippen LogP contribution < -0.4 is 10.1 Å². The molecule has 0 aliphatic heterocycles. The first-order valence-corrected chi connectivity index (χ1v) is 7.44. The number of benzene rings is 1. The molecule has 0 aliphatic rings. The van der Waals surface area contributed by atoms with Crippen molar-refractivity contribution in [2.45, 2.75) is 58.5 Å². The molecular weight excluding hydrogens is 267 g/mol. The van der Waals surface area contributed by atoms with Gasteiger partial charge in [-0.25, -0.2) is 4.39 Å². The van der Waals surface area contributed by atoms with Crippen LogP contribution in [0.1, 0.15) is 45.6 Å². The van der Waals surface area contributed by atoms with Gasteiger partial charge in [0.25, 0.3) is 0 Å². The van der Waals surface area contributed by atoms with E-state index in [1.165, 1.54) is 6.07 Å². The fourth-order valence-electron chi connectivity index (χ4n) is 2.23. The normalized spacial score (nSPS) is 13.8. The summed E-state index contributed by atoms with van der Waals surface area (Å²) in [7, 11) is 0. The van der Waals surface area contributed by atoms with Crippen LogP contribution in [-0.4, -0.2) is 18.2 Å². The van der Waals surface area contributed by atoms with E-state index in [0.29, 0.717) is 17.9 Å². The number of nitriles is 1. The van der Waals surface area contributed by atoms with Gasteiger partial charge in [-0.1, -0.05) is 6.07 Å². The summed E-state index contributed by atoms with van der Waals surface area (Å²) in [5.74, 6) is 0.312. The fourth-order valence-corrected chi connectivity index (χ4v) is 2.23. The number of aryl methyl sites for hydroxylation is 1.